The number of para-hydroxylation sites is 2. The molecule has 0 spiro atoms. The van der Waals surface area contributed by atoms with Gasteiger partial charge in [-0.2, -0.15) is 5.10 Å². The molecule has 52 heavy (non-hydrogen) atoms. The SMILES string of the molecule is C(=C(c1ccccc1)c1ccccc1)c1ccc(N(c2ccc(/C=N/N(c3ccccc3)c3ccccc3)cc2)c2ccc3ccccc3c2)cc1. The summed E-state index contributed by atoms with van der Waals surface area (Å²) in [5, 5.41) is 9.31. The zero-order valence-electron chi connectivity index (χ0n) is 28.7. The summed E-state index contributed by atoms with van der Waals surface area (Å²) in [6.07, 6.45) is 4.19. The van der Waals surface area contributed by atoms with Gasteiger partial charge in [-0.1, -0.05) is 152 Å². The van der Waals surface area contributed by atoms with Crippen LogP contribution in [-0.4, -0.2) is 6.21 Å². The van der Waals surface area contributed by atoms with Crippen molar-refractivity contribution in [3.8, 4) is 0 Å². The predicted octanol–water partition coefficient (Wildman–Crippen LogP) is 13.1. The molecule has 3 heteroatoms. The second-order valence-corrected chi connectivity index (χ2v) is 12.6. The minimum absolute atomic E-state index is 1.00. The highest BCUT2D eigenvalue weighted by Gasteiger charge is 2.14. The van der Waals surface area contributed by atoms with Crippen LogP contribution in [0.3, 0.4) is 0 Å². The summed E-state index contributed by atoms with van der Waals surface area (Å²) in [6.45, 7) is 0. The number of fused-ring (bicyclic) bond motifs is 1. The van der Waals surface area contributed by atoms with Crippen molar-refractivity contribution in [3.63, 3.8) is 0 Å². The van der Waals surface area contributed by atoms with Crippen LogP contribution >= 0.6 is 0 Å². The molecule has 0 aromatic heterocycles. The number of benzene rings is 8. The molecule has 3 nitrogen and oxygen atoms in total. The molecule has 8 aromatic rings. The van der Waals surface area contributed by atoms with Gasteiger partial charge in [0, 0.05) is 17.1 Å². The maximum absolute atomic E-state index is 4.93. The Hall–Kier alpha value is -6.97. The average molecular weight is 668 g/mol. The third-order valence-corrected chi connectivity index (χ3v) is 9.10. The van der Waals surface area contributed by atoms with Crippen LogP contribution in [0.5, 0.6) is 0 Å². The molecule has 0 heterocycles. The Morgan fingerprint density at radius 2 is 0.808 bits per heavy atom. The molecule has 8 aromatic carbocycles. The van der Waals surface area contributed by atoms with Gasteiger partial charge < -0.3 is 4.90 Å². The van der Waals surface area contributed by atoms with Crippen LogP contribution in [-0.2, 0) is 0 Å². The van der Waals surface area contributed by atoms with E-state index in [-0.39, 0.29) is 0 Å². The van der Waals surface area contributed by atoms with E-state index in [0.717, 1.165) is 39.6 Å². The molecule has 0 N–H and O–H groups in total. The van der Waals surface area contributed by atoms with Gasteiger partial charge in [0.25, 0.3) is 0 Å². The normalized spacial score (nSPS) is 11.0. The Bertz CT molecular complexity index is 2340. The van der Waals surface area contributed by atoms with E-state index < -0.39 is 0 Å². The van der Waals surface area contributed by atoms with Crippen LogP contribution < -0.4 is 9.91 Å². The van der Waals surface area contributed by atoms with Crippen LogP contribution in [0.15, 0.2) is 217 Å². The highest BCUT2D eigenvalue weighted by atomic mass is 15.5. The van der Waals surface area contributed by atoms with Crippen molar-refractivity contribution >= 4 is 57.1 Å². The summed E-state index contributed by atoms with van der Waals surface area (Å²) in [6, 6.07) is 74.2. The summed E-state index contributed by atoms with van der Waals surface area (Å²) in [5.74, 6) is 0. The Morgan fingerprint density at radius 1 is 0.365 bits per heavy atom. The lowest BCUT2D eigenvalue weighted by atomic mass is 9.95. The summed E-state index contributed by atoms with van der Waals surface area (Å²) in [5.41, 5.74) is 11.0. The molecule has 0 aliphatic heterocycles. The second kappa shape index (κ2) is 15.3. The van der Waals surface area contributed by atoms with Gasteiger partial charge in [0.15, 0.2) is 0 Å². The van der Waals surface area contributed by atoms with Gasteiger partial charge in [0.1, 0.15) is 0 Å². The molecule has 0 fully saturated rings. The van der Waals surface area contributed by atoms with Crippen molar-refractivity contribution in [2.24, 2.45) is 5.10 Å². The minimum Gasteiger partial charge on any atom is -0.310 e. The van der Waals surface area contributed by atoms with Crippen LogP contribution in [0, 0.1) is 0 Å². The van der Waals surface area contributed by atoms with Crippen molar-refractivity contribution in [1.82, 2.24) is 0 Å². The quantitative estimate of drug-likeness (QED) is 0.0821. The molecule has 0 aliphatic rings. The van der Waals surface area contributed by atoms with E-state index in [1.54, 1.807) is 0 Å². The van der Waals surface area contributed by atoms with Gasteiger partial charge in [-0.05, 0) is 105 Å². The summed E-state index contributed by atoms with van der Waals surface area (Å²) in [7, 11) is 0. The van der Waals surface area contributed by atoms with E-state index in [9.17, 15) is 0 Å². The number of hydrogen-bond acceptors (Lipinski definition) is 3. The number of hydrogen-bond donors (Lipinski definition) is 0. The molecule has 0 atom stereocenters. The smallest absolute Gasteiger partial charge is 0.0652 e. The first kappa shape index (κ1) is 32.2. The molecule has 0 saturated heterocycles. The molecular weight excluding hydrogens is 631 g/mol. The van der Waals surface area contributed by atoms with Crippen molar-refractivity contribution in [2.75, 3.05) is 9.91 Å². The lowest BCUT2D eigenvalue weighted by Crippen LogP contribution is -2.10. The fourth-order valence-corrected chi connectivity index (χ4v) is 6.47. The maximum Gasteiger partial charge on any atom is 0.0652 e. The first-order valence-corrected chi connectivity index (χ1v) is 17.5. The zero-order chi connectivity index (χ0) is 35.0. The summed E-state index contributed by atoms with van der Waals surface area (Å²) in [4.78, 5) is 2.32. The van der Waals surface area contributed by atoms with Crippen molar-refractivity contribution in [3.05, 3.63) is 235 Å². The molecule has 248 valence electrons. The highest BCUT2D eigenvalue weighted by molar-refractivity contribution is 5.93. The molecule has 0 radical (unpaired) electrons. The molecule has 0 amide bonds. The Kier molecular flexibility index (Phi) is 9.48. The lowest BCUT2D eigenvalue weighted by Gasteiger charge is -2.26. The first-order chi connectivity index (χ1) is 25.8. The van der Waals surface area contributed by atoms with Gasteiger partial charge in [0.05, 0.1) is 17.6 Å². The van der Waals surface area contributed by atoms with Crippen LogP contribution in [0.4, 0.5) is 28.4 Å². The Morgan fingerprint density at radius 3 is 1.35 bits per heavy atom. The Labute approximate surface area is 305 Å². The first-order valence-electron chi connectivity index (χ1n) is 17.5. The molecule has 0 bridgehead atoms. The topological polar surface area (TPSA) is 18.8 Å². The monoisotopic (exact) mass is 667 g/mol. The summed E-state index contributed by atoms with van der Waals surface area (Å²) < 4.78 is 0. The third kappa shape index (κ3) is 7.30. The minimum atomic E-state index is 1.00. The fraction of sp³-hybridized carbons (Fsp3) is 0. The zero-order valence-corrected chi connectivity index (χ0v) is 28.7. The van der Waals surface area contributed by atoms with Gasteiger partial charge >= 0.3 is 0 Å². The highest BCUT2D eigenvalue weighted by Crippen LogP contribution is 2.37. The van der Waals surface area contributed by atoms with Crippen molar-refractivity contribution in [2.45, 2.75) is 0 Å². The second-order valence-electron chi connectivity index (χ2n) is 12.6. The maximum atomic E-state index is 4.93. The average Bonchev–Trinajstić information content (AvgIpc) is 3.22. The number of nitrogens with zero attached hydrogens (tertiary/aromatic N) is 3. The number of anilines is 5. The molecule has 8 rings (SSSR count). The van der Waals surface area contributed by atoms with E-state index >= 15 is 0 Å². The summed E-state index contributed by atoms with van der Waals surface area (Å²) >= 11 is 0. The van der Waals surface area contributed by atoms with E-state index in [2.05, 4.69) is 187 Å². The van der Waals surface area contributed by atoms with Crippen LogP contribution in [0.25, 0.3) is 22.4 Å². The van der Waals surface area contributed by atoms with Gasteiger partial charge in [-0.25, -0.2) is 5.01 Å². The Balaban J connectivity index is 1.14. The third-order valence-electron chi connectivity index (χ3n) is 9.10. The van der Waals surface area contributed by atoms with Gasteiger partial charge in [0.2, 0.25) is 0 Å². The van der Waals surface area contributed by atoms with E-state index in [4.69, 9.17) is 5.10 Å². The van der Waals surface area contributed by atoms with Gasteiger partial charge in [-0.3, -0.25) is 0 Å². The van der Waals surface area contributed by atoms with E-state index in [1.807, 2.05) is 47.6 Å². The molecule has 0 unspecified atom stereocenters. The van der Waals surface area contributed by atoms with E-state index in [1.165, 1.54) is 27.5 Å². The van der Waals surface area contributed by atoms with Gasteiger partial charge in [-0.15, -0.1) is 0 Å². The van der Waals surface area contributed by atoms with Crippen molar-refractivity contribution < 1.29 is 0 Å². The van der Waals surface area contributed by atoms with Crippen LogP contribution in [0.2, 0.25) is 0 Å². The fourth-order valence-electron chi connectivity index (χ4n) is 6.47. The number of hydrazone groups is 1. The molecular formula is C49H37N3. The lowest BCUT2D eigenvalue weighted by molar-refractivity contribution is 1.09. The largest absolute Gasteiger partial charge is 0.310 e. The molecule has 0 aliphatic carbocycles. The van der Waals surface area contributed by atoms with E-state index in [0.29, 0.717) is 0 Å². The van der Waals surface area contributed by atoms with Crippen LogP contribution in [0.1, 0.15) is 22.3 Å². The van der Waals surface area contributed by atoms with Crippen molar-refractivity contribution in [1.29, 1.82) is 0 Å². The number of rotatable bonds is 10. The molecule has 0 saturated carbocycles. The predicted molar refractivity (Wildman–Crippen MR) is 221 cm³/mol. The standard InChI is InChI=1S/C49H37N3/c1-5-16-41(17-6-1)49(42-18-7-2-8-19-42)35-38-25-30-44(31-26-38)51(48-34-29-40-15-13-14-20-43(40)36-48)45-32-27-39(28-33-45)37-50-52(46-21-9-3-10-22-46)47-23-11-4-12-24-47/h1-37H/b50-37+.